The number of piperidine rings is 2. The molecule has 0 bridgehead atoms. The zero-order valence-corrected chi connectivity index (χ0v) is 12.8. The molecule has 0 aliphatic carbocycles. The van der Waals surface area contributed by atoms with Crippen molar-refractivity contribution in [1.82, 2.24) is 9.80 Å². The molecule has 110 valence electrons. The van der Waals surface area contributed by atoms with Gasteiger partial charge in [0, 0.05) is 25.2 Å². The number of rotatable bonds is 3. The van der Waals surface area contributed by atoms with E-state index in [2.05, 4.69) is 47.1 Å². The van der Waals surface area contributed by atoms with Crippen LogP contribution in [0.25, 0.3) is 0 Å². The number of nitrogens with zero attached hydrogens (tertiary/aromatic N) is 2. The smallest absolute Gasteiger partial charge is 0.0236 e. The van der Waals surface area contributed by atoms with Crippen molar-refractivity contribution in [3.63, 3.8) is 0 Å². The Morgan fingerprint density at radius 1 is 1.00 bits per heavy atom. The number of hydrogen-bond acceptors (Lipinski definition) is 2. The van der Waals surface area contributed by atoms with E-state index in [4.69, 9.17) is 0 Å². The molecular weight excluding hydrogens is 244 g/mol. The van der Waals surface area contributed by atoms with Crippen molar-refractivity contribution >= 4 is 0 Å². The molecule has 0 spiro atoms. The zero-order chi connectivity index (χ0) is 13.8. The summed E-state index contributed by atoms with van der Waals surface area (Å²) in [6.07, 6.45) is 6.99. The van der Waals surface area contributed by atoms with Crippen LogP contribution < -0.4 is 0 Å². The lowest BCUT2D eigenvalue weighted by atomic mass is 9.94. The molecule has 2 heterocycles. The Labute approximate surface area is 123 Å². The molecule has 2 unspecified atom stereocenters. The summed E-state index contributed by atoms with van der Waals surface area (Å²) in [5, 5.41) is 0. The Hall–Kier alpha value is -0.860. The van der Waals surface area contributed by atoms with Crippen molar-refractivity contribution in [2.24, 2.45) is 0 Å². The van der Waals surface area contributed by atoms with Crippen LogP contribution in [0.1, 0.15) is 44.6 Å². The van der Waals surface area contributed by atoms with Crippen LogP contribution in [0.2, 0.25) is 0 Å². The highest BCUT2D eigenvalue weighted by Gasteiger charge is 2.29. The van der Waals surface area contributed by atoms with Crippen LogP contribution in [0.4, 0.5) is 0 Å². The fourth-order valence-corrected chi connectivity index (χ4v) is 3.86. The lowest BCUT2D eigenvalue weighted by molar-refractivity contribution is 0.0574. The monoisotopic (exact) mass is 272 g/mol. The van der Waals surface area contributed by atoms with Crippen molar-refractivity contribution in [2.75, 3.05) is 19.6 Å². The molecule has 2 aliphatic heterocycles. The molecule has 2 nitrogen and oxygen atoms in total. The minimum Gasteiger partial charge on any atom is -0.300 e. The Balaban J connectivity index is 1.54. The molecule has 3 rings (SSSR count). The summed E-state index contributed by atoms with van der Waals surface area (Å²) >= 11 is 0. The highest BCUT2D eigenvalue weighted by atomic mass is 15.2. The summed E-state index contributed by atoms with van der Waals surface area (Å²) in [7, 11) is 0. The van der Waals surface area contributed by atoms with Gasteiger partial charge in [0.25, 0.3) is 0 Å². The third-order valence-electron chi connectivity index (χ3n) is 5.12. The van der Waals surface area contributed by atoms with E-state index in [1.807, 2.05) is 0 Å². The van der Waals surface area contributed by atoms with Gasteiger partial charge in [-0.3, -0.25) is 4.90 Å². The maximum atomic E-state index is 2.76. The molecule has 0 saturated carbocycles. The summed E-state index contributed by atoms with van der Waals surface area (Å²) in [5.74, 6) is 0. The van der Waals surface area contributed by atoms with Crippen LogP contribution in [0, 0.1) is 0 Å². The summed E-state index contributed by atoms with van der Waals surface area (Å²) in [5.41, 5.74) is 1.45. The van der Waals surface area contributed by atoms with E-state index in [-0.39, 0.29) is 0 Å². The van der Waals surface area contributed by atoms with Gasteiger partial charge in [-0.15, -0.1) is 0 Å². The SMILES string of the molecule is CC1CC(N2CCCCC2)CCN1Cc1ccccc1. The largest absolute Gasteiger partial charge is 0.300 e. The second-order valence-electron chi connectivity index (χ2n) is 6.58. The Morgan fingerprint density at radius 3 is 2.45 bits per heavy atom. The van der Waals surface area contributed by atoms with Gasteiger partial charge in [0.2, 0.25) is 0 Å². The molecule has 2 saturated heterocycles. The third kappa shape index (κ3) is 3.42. The Kier molecular flexibility index (Phi) is 4.74. The molecule has 0 N–H and O–H groups in total. The van der Waals surface area contributed by atoms with E-state index >= 15 is 0 Å². The van der Waals surface area contributed by atoms with E-state index < -0.39 is 0 Å². The lowest BCUT2D eigenvalue weighted by Gasteiger charge is -2.43. The standard InChI is InChI=1S/C18H28N2/c1-16-14-18(19-11-6-3-7-12-19)10-13-20(16)15-17-8-4-2-5-9-17/h2,4-5,8-9,16,18H,3,6-7,10-15H2,1H3. The average molecular weight is 272 g/mol. The van der Waals surface area contributed by atoms with Gasteiger partial charge in [-0.05, 0) is 51.3 Å². The van der Waals surface area contributed by atoms with E-state index in [0.717, 1.165) is 18.6 Å². The van der Waals surface area contributed by atoms with Gasteiger partial charge in [-0.2, -0.15) is 0 Å². The highest BCUT2D eigenvalue weighted by Crippen LogP contribution is 2.25. The lowest BCUT2D eigenvalue weighted by Crippen LogP contribution is -2.49. The van der Waals surface area contributed by atoms with E-state index in [9.17, 15) is 0 Å². The van der Waals surface area contributed by atoms with Crippen LogP contribution in [0.5, 0.6) is 0 Å². The number of benzene rings is 1. The van der Waals surface area contributed by atoms with E-state index in [1.165, 1.54) is 57.3 Å². The molecule has 20 heavy (non-hydrogen) atoms. The second-order valence-corrected chi connectivity index (χ2v) is 6.58. The zero-order valence-electron chi connectivity index (χ0n) is 12.8. The first kappa shape index (κ1) is 14.1. The summed E-state index contributed by atoms with van der Waals surface area (Å²) in [6.45, 7) is 7.48. The number of hydrogen-bond donors (Lipinski definition) is 0. The molecule has 0 amide bonds. The van der Waals surface area contributed by atoms with Crippen molar-refractivity contribution in [3.8, 4) is 0 Å². The van der Waals surface area contributed by atoms with Crippen LogP contribution in [-0.2, 0) is 6.54 Å². The van der Waals surface area contributed by atoms with Crippen molar-refractivity contribution in [3.05, 3.63) is 35.9 Å². The predicted octanol–water partition coefficient (Wildman–Crippen LogP) is 3.53. The molecule has 1 aromatic rings. The normalized spacial score (nSPS) is 29.4. The third-order valence-corrected chi connectivity index (χ3v) is 5.12. The minimum atomic E-state index is 0.718. The fourth-order valence-electron chi connectivity index (χ4n) is 3.86. The topological polar surface area (TPSA) is 6.48 Å². The Bertz CT molecular complexity index is 397. The molecule has 2 aliphatic rings. The molecule has 2 heteroatoms. The summed E-state index contributed by atoms with van der Waals surface area (Å²) in [6, 6.07) is 12.5. The predicted molar refractivity (Wildman–Crippen MR) is 84.8 cm³/mol. The van der Waals surface area contributed by atoms with Gasteiger partial charge < -0.3 is 4.90 Å². The van der Waals surface area contributed by atoms with Crippen LogP contribution >= 0.6 is 0 Å². The van der Waals surface area contributed by atoms with Crippen LogP contribution in [-0.4, -0.2) is 41.5 Å². The van der Waals surface area contributed by atoms with Crippen molar-refractivity contribution in [1.29, 1.82) is 0 Å². The van der Waals surface area contributed by atoms with Crippen molar-refractivity contribution < 1.29 is 0 Å². The van der Waals surface area contributed by atoms with Gasteiger partial charge in [0.1, 0.15) is 0 Å². The maximum absolute atomic E-state index is 2.76. The van der Waals surface area contributed by atoms with Gasteiger partial charge in [0.15, 0.2) is 0 Å². The molecule has 0 radical (unpaired) electrons. The van der Waals surface area contributed by atoms with Gasteiger partial charge in [0.05, 0.1) is 0 Å². The second kappa shape index (κ2) is 6.73. The van der Waals surface area contributed by atoms with Crippen LogP contribution in [0.3, 0.4) is 0 Å². The van der Waals surface area contributed by atoms with Gasteiger partial charge >= 0.3 is 0 Å². The minimum absolute atomic E-state index is 0.718. The highest BCUT2D eigenvalue weighted by molar-refractivity contribution is 5.14. The van der Waals surface area contributed by atoms with E-state index in [0.29, 0.717) is 0 Å². The molecule has 1 aromatic carbocycles. The fraction of sp³-hybridized carbons (Fsp3) is 0.667. The first-order valence-electron chi connectivity index (χ1n) is 8.35. The van der Waals surface area contributed by atoms with Crippen LogP contribution in [0.15, 0.2) is 30.3 Å². The Morgan fingerprint density at radius 2 is 1.75 bits per heavy atom. The maximum Gasteiger partial charge on any atom is 0.0236 e. The first-order valence-corrected chi connectivity index (χ1v) is 8.35. The van der Waals surface area contributed by atoms with Gasteiger partial charge in [-0.25, -0.2) is 0 Å². The van der Waals surface area contributed by atoms with Gasteiger partial charge in [-0.1, -0.05) is 36.8 Å². The quantitative estimate of drug-likeness (QED) is 0.830. The van der Waals surface area contributed by atoms with E-state index in [1.54, 1.807) is 0 Å². The molecule has 0 aromatic heterocycles. The first-order chi connectivity index (χ1) is 9.83. The molecule has 2 atom stereocenters. The number of likely N-dealkylation sites (tertiary alicyclic amines) is 2. The molecule has 2 fully saturated rings. The molecular formula is C18H28N2. The summed E-state index contributed by atoms with van der Waals surface area (Å²) < 4.78 is 0. The average Bonchev–Trinajstić information content (AvgIpc) is 2.51. The van der Waals surface area contributed by atoms with Crippen molar-refractivity contribution in [2.45, 2.75) is 57.7 Å². The summed E-state index contributed by atoms with van der Waals surface area (Å²) in [4.78, 5) is 5.43.